The van der Waals surface area contributed by atoms with Crippen LogP contribution in [0.1, 0.15) is 53.0 Å². The maximum Gasteiger partial charge on any atom is 0.408 e. The zero-order valence-corrected chi connectivity index (χ0v) is 19.9. The van der Waals surface area contributed by atoms with Crippen LogP contribution in [0, 0.1) is 5.92 Å². The molecule has 178 valence electrons. The maximum absolute atomic E-state index is 13.0. The van der Waals surface area contributed by atoms with Crippen molar-refractivity contribution in [3.8, 4) is 0 Å². The second kappa shape index (κ2) is 10.3. The molecular weight excluding hydrogens is 412 g/mol. The van der Waals surface area contributed by atoms with Crippen LogP contribution in [-0.4, -0.2) is 55.0 Å². The summed E-state index contributed by atoms with van der Waals surface area (Å²) in [5.74, 6) is -0.876. The molecule has 1 heterocycles. The minimum absolute atomic E-state index is 0.00188. The third kappa shape index (κ3) is 6.22. The van der Waals surface area contributed by atoms with Crippen LogP contribution in [0.2, 0.25) is 0 Å². The Morgan fingerprint density at radius 3 is 2.34 bits per heavy atom. The minimum Gasteiger partial charge on any atom is -0.467 e. The van der Waals surface area contributed by atoms with Gasteiger partial charge >= 0.3 is 18.0 Å². The number of hydrogen-bond donors (Lipinski definition) is 2. The normalized spacial score (nSPS) is 20.4. The molecule has 2 atom stereocenters. The monoisotopic (exact) mass is 448 g/mol. The number of cyclic esters (lactones) is 1. The molecule has 8 nitrogen and oxygen atoms in total. The van der Waals surface area contributed by atoms with Crippen LogP contribution >= 0.6 is 0 Å². The summed E-state index contributed by atoms with van der Waals surface area (Å²) >= 11 is 0. The zero-order valence-electron chi connectivity index (χ0n) is 19.9. The van der Waals surface area contributed by atoms with E-state index >= 15 is 0 Å². The van der Waals surface area contributed by atoms with E-state index in [1.165, 1.54) is 7.11 Å². The van der Waals surface area contributed by atoms with E-state index in [0.717, 1.165) is 5.56 Å². The van der Waals surface area contributed by atoms with E-state index in [2.05, 4.69) is 10.6 Å². The van der Waals surface area contributed by atoms with Gasteiger partial charge in [0, 0.05) is 12.8 Å². The Hall–Kier alpha value is -2.61. The Labute approximate surface area is 190 Å². The van der Waals surface area contributed by atoms with E-state index in [0.29, 0.717) is 13.0 Å². The molecule has 2 rings (SSSR count). The molecule has 2 N–H and O–H groups in total. The number of methoxy groups -OCH3 is 1. The van der Waals surface area contributed by atoms with Crippen LogP contribution in [-0.2, 0) is 30.2 Å². The van der Waals surface area contributed by atoms with Gasteiger partial charge in [0.2, 0.25) is 0 Å². The Kier molecular flexibility index (Phi) is 8.29. The number of rotatable bonds is 9. The molecule has 0 aromatic heterocycles. The van der Waals surface area contributed by atoms with Crippen molar-refractivity contribution in [2.45, 2.75) is 70.6 Å². The number of alkyl carbamates (subject to hydrolysis) is 1. The van der Waals surface area contributed by atoms with E-state index in [9.17, 15) is 14.4 Å². The van der Waals surface area contributed by atoms with Gasteiger partial charge in [0.05, 0.1) is 13.7 Å². The Balaban J connectivity index is 2.31. The zero-order chi connectivity index (χ0) is 24.0. The molecule has 32 heavy (non-hydrogen) atoms. The van der Waals surface area contributed by atoms with E-state index in [1.807, 2.05) is 44.2 Å². The van der Waals surface area contributed by atoms with E-state index < -0.39 is 28.7 Å². The molecule has 1 aromatic carbocycles. The van der Waals surface area contributed by atoms with Crippen molar-refractivity contribution >= 4 is 18.0 Å². The lowest BCUT2D eigenvalue weighted by molar-refractivity contribution is -0.149. The largest absolute Gasteiger partial charge is 0.467 e. The first kappa shape index (κ1) is 25.6. The molecule has 1 saturated heterocycles. The van der Waals surface area contributed by atoms with Crippen molar-refractivity contribution < 1.29 is 28.6 Å². The first-order valence-corrected chi connectivity index (χ1v) is 11.0. The van der Waals surface area contributed by atoms with Gasteiger partial charge < -0.3 is 24.8 Å². The third-order valence-electron chi connectivity index (χ3n) is 5.74. The molecule has 1 amide bonds. The van der Waals surface area contributed by atoms with Gasteiger partial charge in [-0.3, -0.25) is 4.79 Å². The van der Waals surface area contributed by atoms with Crippen LogP contribution in [0.3, 0.4) is 0 Å². The van der Waals surface area contributed by atoms with Crippen molar-refractivity contribution in [3.05, 3.63) is 35.9 Å². The number of carbonyl (C=O) groups excluding carboxylic acids is 3. The van der Waals surface area contributed by atoms with Crippen LogP contribution < -0.4 is 10.6 Å². The molecule has 1 aliphatic heterocycles. The maximum atomic E-state index is 13.0. The molecule has 1 aliphatic rings. The summed E-state index contributed by atoms with van der Waals surface area (Å²) in [6, 6.07) is 9.37. The molecule has 0 aliphatic carbocycles. The fourth-order valence-electron chi connectivity index (χ4n) is 3.98. The summed E-state index contributed by atoms with van der Waals surface area (Å²) in [7, 11) is 1.29. The lowest BCUT2D eigenvalue weighted by atomic mass is 9.83. The quantitative estimate of drug-likeness (QED) is 0.442. The molecular formula is C24H36N2O6. The van der Waals surface area contributed by atoms with Gasteiger partial charge in [-0.1, -0.05) is 44.2 Å². The fourth-order valence-corrected chi connectivity index (χ4v) is 3.98. The van der Waals surface area contributed by atoms with Crippen LogP contribution in [0.15, 0.2) is 30.3 Å². The Morgan fingerprint density at radius 2 is 1.84 bits per heavy atom. The summed E-state index contributed by atoms with van der Waals surface area (Å²) in [6.07, 6.45) is 0.237. The molecule has 0 unspecified atom stereocenters. The van der Waals surface area contributed by atoms with Gasteiger partial charge in [0.1, 0.15) is 16.7 Å². The molecule has 0 radical (unpaired) electrons. The molecule has 1 fully saturated rings. The number of benzene rings is 1. The topological polar surface area (TPSA) is 103 Å². The van der Waals surface area contributed by atoms with E-state index in [-0.39, 0.29) is 31.3 Å². The fraction of sp³-hybridized carbons (Fsp3) is 0.625. The summed E-state index contributed by atoms with van der Waals surface area (Å²) in [5, 5.41) is 6.08. The standard InChI is InChI=1S/C24H36N2O6/c1-17(2)24(13-15-31-20(24)28)25-14-12-23(19(27)30-6,16-18-10-8-7-9-11-18)26-21(29)32-22(3,4)5/h7-11,17,25H,12-16H2,1-6H3,(H,26,29)/t23-,24-/m1/s1. The highest BCUT2D eigenvalue weighted by Gasteiger charge is 2.48. The highest BCUT2D eigenvalue weighted by atomic mass is 16.6. The van der Waals surface area contributed by atoms with Crippen molar-refractivity contribution in [3.63, 3.8) is 0 Å². The van der Waals surface area contributed by atoms with Crippen molar-refractivity contribution in [1.29, 1.82) is 0 Å². The Morgan fingerprint density at radius 1 is 1.19 bits per heavy atom. The number of hydrogen-bond acceptors (Lipinski definition) is 7. The molecule has 8 heteroatoms. The lowest BCUT2D eigenvalue weighted by Crippen LogP contribution is -2.60. The third-order valence-corrected chi connectivity index (χ3v) is 5.74. The van der Waals surface area contributed by atoms with Gasteiger partial charge in [-0.25, -0.2) is 9.59 Å². The molecule has 0 spiro atoms. The predicted molar refractivity (Wildman–Crippen MR) is 120 cm³/mol. The number of esters is 2. The highest BCUT2D eigenvalue weighted by molar-refractivity contribution is 5.86. The van der Waals surface area contributed by atoms with Gasteiger partial charge in [-0.05, 0) is 45.2 Å². The second-order valence-electron chi connectivity index (χ2n) is 9.55. The summed E-state index contributed by atoms with van der Waals surface area (Å²) in [6.45, 7) is 9.80. The van der Waals surface area contributed by atoms with Gasteiger partial charge in [0.15, 0.2) is 0 Å². The molecule has 0 bridgehead atoms. The molecule has 0 saturated carbocycles. The number of ether oxygens (including phenoxy) is 3. The first-order chi connectivity index (χ1) is 14.9. The first-order valence-electron chi connectivity index (χ1n) is 11.0. The summed E-state index contributed by atoms with van der Waals surface area (Å²) in [5.41, 5.74) is -2.08. The number of carbonyl (C=O) groups is 3. The predicted octanol–water partition coefficient (Wildman–Crippen LogP) is 2.99. The van der Waals surface area contributed by atoms with Crippen molar-refractivity contribution in [1.82, 2.24) is 10.6 Å². The summed E-state index contributed by atoms with van der Waals surface area (Å²) < 4.78 is 15.7. The smallest absolute Gasteiger partial charge is 0.408 e. The number of amides is 1. The van der Waals surface area contributed by atoms with E-state index in [1.54, 1.807) is 20.8 Å². The van der Waals surface area contributed by atoms with Gasteiger partial charge in [-0.15, -0.1) is 0 Å². The summed E-state index contributed by atoms with van der Waals surface area (Å²) in [4.78, 5) is 38.2. The minimum atomic E-state index is -1.38. The van der Waals surface area contributed by atoms with Gasteiger partial charge in [0.25, 0.3) is 0 Å². The average Bonchev–Trinajstić information content (AvgIpc) is 3.08. The van der Waals surface area contributed by atoms with Crippen LogP contribution in [0.5, 0.6) is 0 Å². The van der Waals surface area contributed by atoms with Crippen LogP contribution in [0.4, 0.5) is 4.79 Å². The lowest BCUT2D eigenvalue weighted by Gasteiger charge is -2.35. The van der Waals surface area contributed by atoms with Crippen LogP contribution in [0.25, 0.3) is 0 Å². The SMILES string of the molecule is COC(=O)[C@@](CCN[C@@]1(C(C)C)CCOC1=O)(Cc1ccccc1)NC(=O)OC(C)(C)C. The van der Waals surface area contributed by atoms with Crippen molar-refractivity contribution in [2.75, 3.05) is 20.3 Å². The van der Waals surface area contributed by atoms with Crippen molar-refractivity contribution in [2.24, 2.45) is 5.92 Å². The van der Waals surface area contributed by atoms with Gasteiger partial charge in [-0.2, -0.15) is 0 Å². The molecule has 1 aromatic rings. The highest BCUT2D eigenvalue weighted by Crippen LogP contribution is 2.29. The van der Waals surface area contributed by atoms with E-state index in [4.69, 9.17) is 14.2 Å². The Bertz CT molecular complexity index is 804. The average molecular weight is 449 g/mol. The number of nitrogens with one attached hydrogen (secondary N) is 2. The second-order valence-corrected chi connectivity index (χ2v) is 9.55.